The molecule has 0 unspecified atom stereocenters. The van der Waals surface area contributed by atoms with Crippen molar-refractivity contribution in [2.45, 2.75) is 63.7 Å². The summed E-state index contributed by atoms with van der Waals surface area (Å²) in [5.74, 6) is -0.368. The zero-order valence-corrected chi connectivity index (χ0v) is 40.4. The van der Waals surface area contributed by atoms with Gasteiger partial charge >= 0.3 is 15.6 Å². The molecule has 20 heteroatoms. The third-order valence-corrected chi connectivity index (χ3v) is 12.6. The number of alkyl halides is 3. The van der Waals surface area contributed by atoms with Gasteiger partial charge in [0.1, 0.15) is 0 Å². The Hall–Kier alpha value is -7.48. The molecule has 0 heterocycles. The molecule has 2 aliphatic carbocycles. The number of ether oxygens (including phenoxy) is 6. The second kappa shape index (κ2) is 21.9. The lowest BCUT2D eigenvalue weighted by atomic mass is 9.95. The number of halogens is 3. The van der Waals surface area contributed by atoms with Gasteiger partial charge in [-0.2, -0.15) is 21.6 Å². The van der Waals surface area contributed by atoms with Crippen LogP contribution in [0.25, 0.3) is 22.3 Å². The summed E-state index contributed by atoms with van der Waals surface area (Å²) in [6.45, 7) is 3.40. The summed E-state index contributed by atoms with van der Waals surface area (Å²) in [4.78, 5) is 49.4. The highest BCUT2D eigenvalue weighted by Gasteiger charge is 2.49. The van der Waals surface area contributed by atoms with E-state index >= 15 is 0 Å². The van der Waals surface area contributed by atoms with Crippen LogP contribution in [-0.4, -0.2) is 68.4 Å². The summed E-state index contributed by atoms with van der Waals surface area (Å²) in [5, 5.41) is 9.26. The second-order valence-corrected chi connectivity index (χ2v) is 17.5. The minimum atomic E-state index is -6.01. The molecule has 16 nitrogen and oxygen atoms in total. The van der Waals surface area contributed by atoms with Gasteiger partial charge in [-0.15, -0.1) is 0 Å². The number of carbonyl (C=O) groups is 2. The lowest BCUT2D eigenvalue weighted by Crippen LogP contribution is -2.28. The van der Waals surface area contributed by atoms with Crippen LogP contribution in [-0.2, 0) is 39.1 Å². The maximum absolute atomic E-state index is 13.0. The minimum Gasteiger partial charge on any atom is -0.493 e. The molecule has 0 fully saturated rings. The van der Waals surface area contributed by atoms with Gasteiger partial charge in [-0.3, -0.25) is 19.2 Å². The first-order valence-electron chi connectivity index (χ1n) is 21.6. The zero-order valence-electron chi connectivity index (χ0n) is 39.5. The highest BCUT2D eigenvalue weighted by atomic mass is 32.2. The van der Waals surface area contributed by atoms with E-state index in [1.54, 1.807) is 32.4 Å². The number of rotatable bonds is 13. The van der Waals surface area contributed by atoms with E-state index in [1.807, 2.05) is 24.3 Å². The Balaban J connectivity index is 0.000000230. The van der Waals surface area contributed by atoms with Crippen molar-refractivity contribution in [1.29, 1.82) is 0 Å². The minimum absolute atomic E-state index is 0.0170. The molecule has 0 aromatic heterocycles. The maximum atomic E-state index is 13.0. The van der Waals surface area contributed by atoms with Gasteiger partial charge in [-0.1, -0.05) is 42.5 Å². The summed E-state index contributed by atoms with van der Waals surface area (Å²) >= 11 is 0. The number of carbonyl (C=O) groups excluding carboxylic acids is 2. The summed E-state index contributed by atoms with van der Waals surface area (Å²) in [6.07, 6.45) is 1.68. The molecule has 372 valence electrons. The fraction of sp³-hybridized carbons (Fsp3) is 0.320. The Bertz CT molecular complexity index is 3030. The predicted molar refractivity (Wildman–Crippen MR) is 255 cm³/mol. The number of hydrogen-bond donors (Lipinski definition) is 3. The molecular weight excluding hydrogens is 940 g/mol. The number of anilines is 1. The van der Waals surface area contributed by atoms with Crippen molar-refractivity contribution in [1.82, 2.24) is 10.6 Å². The molecule has 5 aromatic rings. The first-order chi connectivity index (χ1) is 33.3. The van der Waals surface area contributed by atoms with Gasteiger partial charge in [0.25, 0.3) is 0 Å². The SMILES string of the molecule is COc1c(NCc2ccccc2)cc2c(c1OC)-c1ccc(OC)c(=O)cc1[C@@H](NC(C)=O)CC2.COc1c(OS(=O)(=O)C(F)(F)F)cc2c(c1OC)-c1ccc(OC)c(=O)cc1[C@@H](NC(C)=O)CC2. The van der Waals surface area contributed by atoms with Crippen LogP contribution in [0.5, 0.6) is 40.2 Å². The van der Waals surface area contributed by atoms with E-state index in [-0.39, 0.29) is 53.4 Å². The third-order valence-electron chi connectivity index (χ3n) is 11.6. The molecule has 3 N–H and O–H groups in total. The lowest BCUT2D eigenvalue weighted by Gasteiger charge is -2.21. The Morgan fingerprint density at radius 1 is 0.600 bits per heavy atom. The van der Waals surface area contributed by atoms with Crippen LogP contribution in [0.2, 0.25) is 0 Å². The number of benzene rings is 3. The summed E-state index contributed by atoms with van der Waals surface area (Å²) < 4.78 is 99.6. The van der Waals surface area contributed by atoms with Crippen molar-refractivity contribution in [2.24, 2.45) is 0 Å². The van der Waals surface area contributed by atoms with Crippen LogP contribution in [0.3, 0.4) is 0 Å². The standard InChI is InChI=1S/C28H30N2O5.C22H22F3NO8S/c1-17(31)30-22-12-10-19-14-23(29-16-18-8-6-5-7-9-18)27(34-3)28(35-4)26(19)20-11-13-25(33-2)24(32)15-21(20)22;1-11(27)26-15-7-5-12-9-18(34-35(29,30)22(23,24)25)20(32-3)21(33-4)19(12)13-6-8-17(31-2)16(28)10-14(13)15/h5-9,11,13-15,22,29H,10,12,16H2,1-4H3,(H,30,31);6,8-10,15H,5,7H2,1-4H3,(H,26,27)/t22-;15-/m00/s1. The highest BCUT2D eigenvalue weighted by molar-refractivity contribution is 7.88. The van der Waals surface area contributed by atoms with Gasteiger partial charge in [0, 0.05) is 31.5 Å². The molecule has 70 heavy (non-hydrogen) atoms. The average Bonchev–Trinajstić information content (AvgIpc) is 3.71. The van der Waals surface area contributed by atoms with Crippen molar-refractivity contribution < 1.29 is 63.8 Å². The first-order valence-corrected chi connectivity index (χ1v) is 23.1. The molecular formula is C50H52F3N3O13S. The summed E-state index contributed by atoms with van der Waals surface area (Å²) in [7, 11) is 2.33. The lowest BCUT2D eigenvalue weighted by molar-refractivity contribution is -0.120. The average molecular weight is 992 g/mol. The molecule has 5 aromatic carbocycles. The number of amides is 2. The number of fused-ring (bicyclic) bond motifs is 6. The Labute approximate surface area is 402 Å². The number of nitrogens with one attached hydrogen (secondary N) is 3. The van der Waals surface area contributed by atoms with E-state index in [0.29, 0.717) is 53.1 Å². The Morgan fingerprint density at radius 2 is 1.06 bits per heavy atom. The monoisotopic (exact) mass is 991 g/mol. The molecule has 2 atom stereocenters. The van der Waals surface area contributed by atoms with E-state index < -0.39 is 38.6 Å². The molecule has 7 rings (SSSR count). The van der Waals surface area contributed by atoms with E-state index in [1.165, 1.54) is 47.3 Å². The highest BCUT2D eigenvalue weighted by Crippen LogP contribution is 2.52. The number of hydrogen-bond acceptors (Lipinski definition) is 14. The molecule has 2 amide bonds. The van der Waals surface area contributed by atoms with Crippen molar-refractivity contribution in [3.63, 3.8) is 0 Å². The maximum Gasteiger partial charge on any atom is 0.534 e. The van der Waals surface area contributed by atoms with Crippen LogP contribution in [0, 0.1) is 0 Å². The quantitative estimate of drug-likeness (QED) is 0.0770. The molecule has 2 aliphatic rings. The predicted octanol–water partition coefficient (Wildman–Crippen LogP) is 7.57. The first kappa shape index (κ1) is 51.9. The van der Waals surface area contributed by atoms with Crippen LogP contribution in [0.1, 0.15) is 66.6 Å². The smallest absolute Gasteiger partial charge is 0.493 e. The van der Waals surface area contributed by atoms with Crippen molar-refractivity contribution in [2.75, 3.05) is 48.0 Å². The second-order valence-electron chi connectivity index (χ2n) is 16.0. The topological polar surface area (TPSA) is 203 Å². The fourth-order valence-corrected chi connectivity index (χ4v) is 9.06. The Morgan fingerprint density at radius 3 is 1.49 bits per heavy atom. The molecule has 0 bridgehead atoms. The van der Waals surface area contributed by atoms with Crippen LogP contribution in [0.4, 0.5) is 18.9 Å². The molecule has 0 saturated heterocycles. The van der Waals surface area contributed by atoms with Gasteiger partial charge in [-0.05, 0) is 101 Å². The van der Waals surface area contributed by atoms with E-state index in [9.17, 15) is 40.8 Å². The Kier molecular flexibility index (Phi) is 16.2. The van der Waals surface area contributed by atoms with Crippen molar-refractivity contribution >= 4 is 27.6 Å². The largest absolute Gasteiger partial charge is 0.534 e. The van der Waals surface area contributed by atoms with Gasteiger partial charge < -0.3 is 48.6 Å². The number of aryl methyl sites for hydroxylation is 2. The zero-order chi connectivity index (χ0) is 51.1. The van der Waals surface area contributed by atoms with Crippen molar-refractivity contribution in [3.8, 4) is 62.5 Å². The van der Waals surface area contributed by atoms with E-state index in [4.69, 9.17) is 28.4 Å². The summed E-state index contributed by atoms with van der Waals surface area (Å²) in [5.41, 5.74) is 0.448. The van der Waals surface area contributed by atoms with Gasteiger partial charge in [0.15, 0.2) is 34.5 Å². The molecule has 0 saturated carbocycles. The van der Waals surface area contributed by atoms with E-state index in [0.717, 1.165) is 46.7 Å². The van der Waals surface area contributed by atoms with Crippen LogP contribution in [0.15, 0.2) is 88.5 Å². The molecule has 0 aliphatic heterocycles. The normalized spacial score (nSPS) is 14.7. The van der Waals surface area contributed by atoms with E-state index in [2.05, 4.69) is 38.3 Å². The number of methoxy groups -OCH3 is 6. The molecule has 0 spiro atoms. The van der Waals surface area contributed by atoms with Gasteiger partial charge in [0.2, 0.25) is 28.4 Å². The fourth-order valence-electron chi connectivity index (χ4n) is 8.61. The van der Waals surface area contributed by atoms with Gasteiger partial charge in [0.05, 0.1) is 60.4 Å². The third kappa shape index (κ3) is 11.0. The molecule has 0 radical (unpaired) electrons. The van der Waals surface area contributed by atoms with Crippen LogP contribution < -0.4 is 59.4 Å². The van der Waals surface area contributed by atoms with Crippen LogP contribution >= 0.6 is 0 Å². The summed E-state index contributed by atoms with van der Waals surface area (Å²) in [6, 6.07) is 21.6. The van der Waals surface area contributed by atoms with Crippen molar-refractivity contribution in [3.05, 3.63) is 127 Å². The van der Waals surface area contributed by atoms with Gasteiger partial charge in [-0.25, -0.2) is 0 Å².